The Hall–Kier alpha value is -7.60. The van der Waals surface area contributed by atoms with Crippen molar-refractivity contribution in [2.24, 2.45) is 15.0 Å². The largest absolute Gasteiger partial charge is 0.393 e. The van der Waals surface area contributed by atoms with Crippen LogP contribution in [0, 0.1) is 16.7 Å². The van der Waals surface area contributed by atoms with E-state index in [1.54, 1.807) is 36.5 Å². The molecule has 0 aliphatic carbocycles. The molecule has 0 unspecified atom stereocenters. The summed E-state index contributed by atoms with van der Waals surface area (Å²) in [6.45, 7) is 18.6. The Morgan fingerprint density at radius 3 is 1.58 bits per heavy atom. The first-order valence-electron chi connectivity index (χ1n) is 22.6. The molecule has 0 amide bonds. The number of pyridine rings is 2. The zero-order valence-electron chi connectivity index (χ0n) is 38.0. The van der Waals surface area contributed by atoms with Crippen molar-refractivity contribution in [3.63, 3.8) is 0 Å². The summed E-state index contributed by atoms with van der Waals surface area (Å²) in [4.78, 5) is 41.2. The Morgan fingerprint density at radius 2 is 1.09 bits per heavy atom. The van der Waals surface area contributed by atoms with Crippen molar-refractivity contribution in [1.29, 1.82) is 0 Å². The fourth-order valence-corrected chi connectivity index (χ4v) is 9.24. The quantitative estimate of drug-likeness (QED) is 0.0743. The molecule has 4 atom stereocenters. The molecule has 0 saturated carbocycles. The first-order valence-corrected chi connectivity index (χ1v) is 22.6. The molecule has 0 radical (unpaired) electrons. The van der Waals surface area contributed by atoms with Crippen molar-refractivity contribution >= 4 is 62.8 Å². The number of aliphatic imine (C=N–C) groups is 3. The summed E-state index contributed by atoms with van der Waals surface area (Å²) in [6.07, 6.45) is 6.67. The van der Waals surface area contributed by atoms with Crippen LogP contribution < -0.4 is 15.5 Å². The summed E-state index contributed by atoms with van der Waals surface area (Å²) in [7, 11) is 0. The molecule has 338 valence electrons. The summed E-state index contributed by atoms with van der Waals surface area (Å²) >= 11 is 0. The minimum atomic E-state index is -0.458. The maximum Gasteiger partial charge on any atom is 0.292 e. The molecule has 6 aromatic rings. The third kappa shape index (κ3) is 10.3. The second kappa shape index (κ2) is 19.5. The number of hydrogen-bond acceptors (Lipinski definition) is 12. The lowest BCUT2D eigenvalue weighted by Crippen LogP contribution is -2.45. The van der Waals surface area contributed by atoms with E-state index in [-0.39, 0.29) is 35.8 Å². The summed E-state index contributed by atoms with van der Waals surface area (Å²) in [5, 5.41) is 11.1. The van der Waals surface area contributed by atoms with E-state index < -0.39 is 4.92 Å². The van der Waals surface area contributed by atoms with Gasteiger partial charge in [0.25, 0.3) is 11.5 Å². The molecular formula is C53H52N10O4. The van der Waals surface area contributed by atoms with Crippen LogP contribution in [0.15, 0.2) is 137 Å². The van der Waals surface area contributed by atoms with Crippen LogP contribution in [-0.2, 0) is 28.7 Å². The summed E-state index contributed by atoms with van der Waals surface area (Å²) in [5.41, 5.74) is 20.8. The molecule has 2 aromatic heterocycles. The zero-order valence-corrected chi connectivity index (χ0v) is 38.0. The van der Waals surface area contributed by atoms with E-state index in [1.165, 1.54) is 28.4 Å². The SMILES string of the molecule is C[C@@H]1CN(c2ccc3c(c2)CC(c2ccc(N)c([N+](=O)[O-])c2)=N3)C[C@H](C)O1.C[C@@H]1CN(c2ccc3c(c2)CC(c2ccc4c(c2)CC(c2ccccn2)=N4)=N3)C[C@H](C)O1.[C-]#[N+]c1ccccn1. The van der Waals surface area contributed by atoms with E-state index in [2.05, 4.69) is 106 Å². The number of nitrogens with zero attached hydrogens (tertiary/aromatic N) is 9. The number of benzene rings is 4. The van der Waals surface area contributed by atoms with Gasteiger partial charge in [-0.3, -0.25) is 30.1 Å². The number of fused-ring (bicyclic) bond motifs is 3. The number of anilines is 3. The number of nitro benzene ring substituents is 1. The van der Waals surface area contributed by atoms with Gasteiger partial charge in [-0.2, -0.15) is 0 Å². The minimum absolute atomic E-state index is 0.0804. The van der Waals surface area contributed by atoms with Crippen molar-refractivity contribution < 1.29 is 14.4 Å². The number of aromatic nitrogens is 2. The van der Waals surface area contributed by atoms with Gasteiger partial charge in [-0.15, -0.1) is 4.98 Å². The average molecular weight is 893 g/mol. The number of nitrogen functional groups attached to an aromatic ring is 1. The normalized spacial score (nSPS) is 20.1. The minimum Gasteiger partial charge on any atom is -0.393 e. The average Bonchev–Trinajstić information content (AvgIpc) is 4.08. The van der Waals surface area contributed by atoms with E-state index in [4.69, 9.17) is 31.8 Å². The van der Waals surface area contributed by atoms with Crippen molar-refractivity contribution in [2.45, 2.75) is 71.4 Å². The standard InChI is InChI=1S/C27H26N4O.C20H22N4O3.C6H4N2/c1-17-15-31(16-18(2)32-17)22-7-9-24-21(12-22)13-26(29-24)19-6-8-23-20(11-19)14-27(30-23)25-5-3-4-10-28-25;1-12-10-23(11-13(2)27-12)16-4-6-18-15(7-16)8-19(22-18)14-3-5-17(21)20(9-14)24(25)26;1-7-6-4-2-3-5-8-6/h3-12,17-18H,13-16H2,1-2H3;3-7,9,12-13H,8,10-11,21H2,1-2H3;2-5H/t17-,18+;12-,13+;. The molecule has 2 fully saturated rings. The highest BCUT2D eigenvalue weighted by Gasteiger charge is 2.27. The Morgan fingerprint density at radius 1 is 0.612 bits per heavy atom. The Balaban J connectivity index is 0.000000146. The van der Waals surface area contributed by atoms with Crippen LogP contribution in [0.4, 0.5) is 45.6 Å². The first kappa shape index (κ1) is 44.6. The molecule has 0 bridgehead atoms. The van der Waals surface area contributed by atoms with E-state index in [1.807, 2.05) is 30.5 Å². The van der Waals surface area contributed by atoms with Crippen molar-refractivity contribution in [1.82, 2.24) is 9.97 Å². The fourth-order valence-electron chi connectivity index (χ4n) is 9.24. The van der Waals surface area contributed by atoms with Gasteiger partial charge in [-0.25, -0.2) is 0 Å². The van der Waals surface area contributed by atoms with Gasteiger partial charge in [0.05, 0.1) is 69.2 Å². The smallest absolute Gasteiger partial charge is 0.292 e. The Labute approximate surface area is 390 Å². The lowest BCUT2D eigenvalue weighted by Gasteiger charge is -2.37. The number of morpholine rings is 2. The maximum absolute atomic E-state index is 11.1. The van der Waals surface area contributed by atoms with Gasteiger partial charge in [0.2, 0.25) is 0 Å². The van der Waals surface area contributed by atoms with E-state index in [0.29, 0.717) is 12.2 Å². The van der Waals surface area contributed by atoms with Crippen LogP contribution >= 0.6 is 0 Å². The van der Waals surface area contributed by atoms with E-state index in [0.717, 1.165) is 95.7 Å². The number of ether oxygens (including phenoxy) is 2. The molecule has 14 nitrogen and oxygen atoms in total. The summed E-state index contributed by atoms with van der Waals surface area (Å²) in [6, 6.07) is 35.6. The van der Waals surface area contributed by atoms with Gasteiger partial charge in [0.15, 0.2) is 0 Å². The molecule has 14 heteroatoms. The molecule has 67 heavy (non-hydrogen) atoms. The second-order valence-corrected chi connectivity index (χ2v) is 17.5. The van der Waals surface area contributed by atoms with Gasteiger partial charge in [0, 0.05) is 74.6 Å². The topological polar surface area (TPSA) is 161 Å². The Kier molecular flexibility index (Phi) is 13.0. The highest BCUT2D eigenvalue weighted by Crippen LogP contribution is 2.37. The molecule has 2 saturated heterocycles. The van der Waals surface area contributed by atoms with Gasteiger partial charge in [0.1, 0.15) is 11.9 Å². The van der Waals surface area contributed by atoms with E-state index >= 15 is 0 Å². The van der Waals surface area contributed by atoms with E-state index in [9.17, 15) is 10.1 Å². The number of rotatable bonds is 6. The van der Waals surface area contributed by atoms with Crippen LogP contribution in [0.2, 0.25) is 0 Å². The molecule has 5 aliphatic rings. The first-order chi connectivity index (χ1) is 32.5. The van der Waals surface area contributed by atoms with Crippen LogP contribution in [0.25, 0.3) is 4.85 Å². The van der Waals surface area contributed by atoms with Crippen molar-refractivity contribution in [3.8, 4) is 0 Å². The lowest BCUT2D eigenvalue weighted by molar-refractivity contribution is -0.383. The molecule has 7 heterocycles. The Bertz CT molecular complexity index is 2930. The molecule has 11 rings (SSSR count). The number of hydrogen-bond donors (Lipinski definition) is 1. The van der Waals surface area contributed by atoms with Gasteiger partial charge >= 0.3 is 0 Å². The predicted molar refractivity (Wildman–Crippen MR) is 266 cm³/mol. The molecule has 2 N–H and O–H groups in total. The zero-order chi connectivity index (χ0) is 46.6. The summed E-state index contributed by atoms with van der Waals surface area (Å²) in [5.74, 6) is 0.451. The lowest BCUT2D eigenvalue weighted by atomic mass is 9.99. The van der Waals surface area contributed by atoms with Crippen LogP contribution in [-0.4, -0.2) is 82.6 Å². The number of nitrogens with two attached hydrogens (primary N) is 1. The highest BCUT2D eigenvalue weighted by atomic mass is 16.6. The maximum atomic E-state index is 11.1. The third-order valence-corrected chi connectivity index (χ3v) is 12.2. The van der Waals surface area contributed by atoms with Crippen molar-refractivity contribution in [2.75, 3.05) is 41.7 Å². The highest BCUT2D eigenvalue weighted by molar-refractivity contribution is 6.09. The van der Waals surface area contributed by atoms with Gasteiger partial charge in [-0.1, -0.05) is 30.8 Å². The second-order valence-electron chi connectivity index (χ2n) is 17.5. The van der Waals surface area contributed by atoms with Crippen LogP contribution in [0.1, 0.15) is 61.2 Å². The third-order valence-electron chi connectivity index (χ3n) is 12.2. The van der Waals surface area contributed by atoms with Crippen LogP contribution in [0.3, 0.4) is 0 Å². The van der Waals surface area contributed by atoms with Gasteiger partial charge < -0.3 is 29.9 Å². The fraction of sp³-hybridized carbons (Fsp3) is 0.283. The number of nitro groups is 1. The molecule has 0 spiro atoms. The molecular weight excluding hydrogens is 841 g/mol. The predicted octanol–water partition coefficient (Wildman–Crippen LogP) is 10.1. The summed E-state index contributed by atoms with van der Waals surface area (Å²) < 4.78 is 11.7. The monoisotopic (exact) mass is 892 g/mol. The van der Waals surface area contributed by atoms with Gasteiger partial charge in [-0.05, 0) is 129 Å². The van der Waals surface area contributed by atoms with Crippen LogP contribution in [0.5, 0.6) is 0 Å². The molecule has 4 aromatic carbocycles. The van der Waals surface area contributed by atoms with Crippen molar-refractivity contribution in [3.05, 3.63) is 177 Å². The molecule has 5 aliphatic heterocycles.